The van der Waals surface area contributed by atoms with Crippen LogP contribution in [0.4, 0.5) is 32.6 Å². The normalized spacial score (nSPS) is 18.1. The molecule has 232 valence electrons. The highest BCUT2D eigenvalue weighted by atomic mass is 19.4. The molecule has 1 amide bonds. The number of pyridine rings is 2. The summed E-state index contributed by atoms with van der Waals surface area (Å²) < 4.78 is 73.3. The Morgan fingerprint density at radius 2 is 1.77 bits per heavy atom. The van der Waals surface area contributed by atoms with Crippen LogP contribution in [-0.4, -0.2) is 72.1 Å². The lowest BCUT2D eigenvalue weighted by molar-refractivity contribution is -0.147. The Kier molecular flexibility index (Phi) is 7.68. The van der Waals surface area contributed by atoms with Crippen molar-refractivity contribution in [1.29, 1.82) is 0 Å². The van der Waals surface area contributed by atoms with Crippen LogP contribution in [0.1, 0.15) is 37.9 Å². The molecule has 1 aliphatic heterocycles. The summed E-state index contributed by atoms with van der Waals surface area (Å²) in [5.74, 6) is -5.03. The number of alkyl halides is 3. The molecule has 1 fully saturated rings. The number of aromatic hydroxyl groups is 1. The Balaban J connectivity index is 1.88. The van der Waals surface area contributed by atoms with Crippen molar-refractivity contribution in [2.45, 2.75) is 51.9 Å². The van der Waals surface area contributed by atoms with E-state index < -0.39 is 70.3 Å². The average molecular weight is 619 g/mol. The molecule has 2 N–H and O–H groups in total. The molecule has 0 radical (unpaired) electrons. The zero-order chi connectivity index (χ0) is 32.2. The number of nitrogens with zero attached hydrogens (tertiary/aromatic N) is 6. The number of amides is 1. The van der Waals surface area contributed by atoms with E-state index in [1.807, 2.05) is 0 Å². The lowest BCUT2D eigenvalue weighted by Crippen LogP contribution is -2.58. The van der Waals surface area contributed by atoms with Crippen molar-refractivity contribution in [3.63, 3.8) is 0 Å². The number of hydrogen-bond donors (Lipinski definition) is 2. The quantitative estimate of drug-likeness (QED) is 0.293. The number of rotatable bonds is 4. The summed E-state index contributed by atoms with van der Waals surface area (Å²) in [5, 5.41) is 19.9. The van der Waals surface area contributed by atoms with Gasteiger partial charge in [-0.25, -0.2) is 27.9 Å². The molecule has 0 saturated carbocycles. The Bertz CT molecular complexity index is 1830. The Morgan fingerprint density at radius 3 is 2.41 bits per heavy atom. The van der Waals surface area contributed by atoms with Gasteiger partial charge >= 0.3 is 18.0 Å². The molecular formula is C29H27F5N6O4. The molecule has 0 bridgehead atoms. The van der Waals surface area contributed by atoms with Gasteiger partial charge in [0.05, 0.1) is 28.2 Å². The predicted octanol–water partition coefficient (Wildman–Crippen LogP) is 5.38. The number of phenols is 1. The molecule has 10 nitrogen and oxygen atoms in total. The van der Waals surface area contributed by atoms with Crippen LogP contribution in [0.2, 0.25) is 0 Å². The first-order chi connectivity index (χ1) is 20.6. The van der Waals surface area contributed by atoms with Crippen molar-refractivity contribution in [3.8, 4) is 22.7 Å². The van der Waals surface area contributed by atoms with E-state index in [4.69, 9.17) is 0 Å². The fraction of sp³-hybridized carbons (Fsp3) is 0.345. The molecule has 4 heterocycles. The molecular weight excluding hydrogens is 591 g/mol. The zero-order valence-electron chi connectivity index (χ0n) is 23.9. The maximum Gasteiger partial charge on any atom is 0.407 e. The van der Waals surface area contributed by atoms with E-state index in [0.717, 1.165) is 35.9 Å². The average Bonchev–Trinajstić information content (AvgIpc) is 2.93. The second-order valence-corrected chi connectivity index (χ2v) is 10.8. The summed E-state index contributed by atoms with van der Waals surface area (Å²) in [7, 11) is 0. The van der Waals surface area contributed by atoms with Gasteiger partial charge in [-0.15, -0.1) is 0 Å². The van der Waals surface area contributed by atoms with Crippen molar-refractivity contribution >= 4 is 22.9 Å². The molecule has 3 aromatic heterocycles. The van der Waals surface area contributed by atoms with Crippen LogP contribution < -0.4 is 10.6 Å². The molecule has 1 unspecified atom stereocenters. The van der Waals surface area contributed by atoms with E-state index in [1.165, 1.54) is 24.0 Å². The van der Waals surface area contributed by atoms with Gasteiger partial charge in [0, 0.05) is 31.4 Å². The molecule has 44 heavy (non-hydrogen) atoms. The summed E-state index contributed by atoms with van der Waals surface area (Å²) >= 11 is 0. The fourth-order valence-corrected chi connectivity index (χ4v) is 5.47. The predicted molar refractivity (Wildman–Crippen MR) is 150 cm³/mol. The number of hydrogen-bond acceptors (Lipinski definition) is 7. The molecule has 4 aromatic rings. The highest BCUT2D eigenvalue weighted by molar-refractivity contribution is 5.91. The largest absolute Gasteiger partial charge is 0.507 e. The first-order valence-electron chi connectivity index (χ1n) is 13.5. The number of benzene rings is 1. The number of carboxylic acid groups (broad SMARTS) is 1. The number of piperazine rings is 1. The van der Waals surface area contributed by atoms with E-state index >= 15 is 4.39 Å². The van der Waals surface area contributed by atoms with Crippen LogP contribution in [0, 0.1) is 18.6 Å². The van der Waals surface area contributed by atoms with Crippen LogP contribution in [0.5, 0.6) is 5.75 Å². The molecule has 3 atom stereocenters. The van der Waals surface area contributed by atoms with Crippen LogP contribution in [0.25, 0.3) is 28.0 Å². The number of fused-ring (bicyclic) bond motifs is 1. The number of carbonyl (C=O) groups is 1. The maximum absolute atomic E-state index is 15.8. The van der Waals surface area contributed by atoms with Gasteiger partial charge in [-0.2, -0.15) is 18.2 Å². The third-order valence-electron chi connectivity index (χ3n) is 7.81. The minimum atomic E-state index is -4.75. The van der Waals surface area contributed by atoms with E-state index in [0.29, 0.717) is 0 Å². The second kappa shape index (κ2) is 11.0. The highest BCUT2D eigenvalue weighted by Crippen LogP contribution is 2.39. The van der Waals surface area contributed by atoms with E-state index in [-0.39, 0.29) is 41.2 Å². The number of aromatic nitrogens is 4. The number of halogens is 5. The van der Waals surface area contributed by atoms with E-state index in [2.05, 4.69) is 15.0 Å². The monoisotopic (exact) mass is 618 g/mol. The smallest absolute Gasteiger partial charge is 0.407 e. The van der Waals surface area contributed by atoms with Crippen molar-refractivity contribution in [2.24, 2.45) is 0 Å². The van der Waals surface area contributed by atoms with E-state index in [9.17, 15) is 37.4 Å². The fourth-order valence-electron chi connectivity index (χ4n) is 5.47. The second-order valence-electron chi connectivity index (χ2n) is 10.8. The van der Waals surface area contributed by atoms with Crippen molar-refractivity contribution in [3.05, 3.63) is 69.9 Å². The van der Waals surface area contributed by atoms with Gasteiger partial charge in [-0.3, -0.25) is 4.98 Å². The first-order valence-corrected chi connectivity index (χ1v) is 13.5. The number of anilines is 1. The standard InChI is InChI=1S/C29H27F5N6O4/c1-13-8-9-35-22(16(4)29(32,33)34)24(13)40-26-17(10-19(31)23(36-26)21-18(30)6-5-7-20(21)41)25(37-27(40)42)38-11-15(3)39(28(43)44)12-14(38)2/h5-10,14-16,41H,11-12H2,1-4H3,(H,43,44)/t14-,15+,16?/m0/s1. The van der Waals surface area contributed by atoms with Gasteiger partial charge in [0.15, 0.2) is 11.5 Å². The van der Waals surface area contributed by atoms with Gasteiger partial charge in [0.1, 0.15) is 23.1 Å². The van der Waals surface area contributed by atoms with Crippen LogP contribution in [0.15, 0.2) is 41.3 Å². The molecule has 0 spiro atoms. The Morgan fingerprint density at radius 1 is 1.07 bits per heavy atom. The molecule has 1 saturated heterocycles. The van der Waals surface area contributed by atoms with Gasteiger partial charge in [-0.05, 0) is 57.5 Å². The van der Waals surface area contributed by atoms with Crippen molar-refractivity contribution < 1.29 is 37.0 Å². The third kappa shape index (κ3) is 5.15. The summed E-state index contributed by atoms with van der Waals surface area (Å²) in [5.41, 5.74) is -3.37. The minimum Gasteiger partial charge on any atom is -0.507 e. The summed E-state index contributed by atoms with van der Waals surface area (Å²) in [6, 6.07) is 4.42. The van der Waals surface area contributed by atoms with E-state index in [1.54, 1.807) is 18.7 Å². The summed E-state index contributed by atoms with van der Waals surface area (Å²) in [4.78, 5) is 40.7. The zero-order valence-corrected chi connectivity index (χ0v) is 23.9. The minimum absolute atomic E-state index is 0.00874. The molecule has 1 aliphatic rings. The van der Waals surface area contributed by atoms with Crippen LogP contribution >= 0.6 is 0 Å². The van der Waals surface area contributed by atoms with Crippen LogP contribution in [-0.2, 0) is 0 Å². The lowest BCUT2D eigenvalue weighted by Gasteiger charge is -2.43. The SMILES string of the molecule is Cc1ccnc(C(C)C(F)(F)F)c1-n1c(=O)nc(N2C[C@@H](C)N(C(=O)O)C[C@@H]2C)c2cc(F)c(-c3c(O)cccc3F)nc21. The summed E-state index contributed by atoms with van der Waals surface area (Å²) in [6.45, 7) is 5.69. The number of phenolic OH excluding ortho intramolecular Hbond substituents is 1. The maximum atomic E-state index is 15.8. The lowest BCUT2D eigenvalue weighted by atomic mass is 10.0. The third-order valence-corrected chi connectivity index (χ3v) is 7.81. The van der Waals surface area contributed by atoms with Crippen molar-refractivity contribution in [2.75, 3.05) is 18.0 Å². The van der Waals surface area contributed by atoms with Crippen LogP contribution in [0.3, 0.4) is 0 Å². The molecule has 1 aromatic carbocycles. The molecule has 0 aliphatic carbocycles. The topological polar surface area (TPSA) is 125 Å². The van der Waals surface area contributed by atoms with Gasteiger partial charge < -0.3 is 20.0 Å². The van der Waals surface area contributed by atoms with Crippen molar-refractivity contribution in [1.82, 2.24) is 24.4 Å². The van der Waals surface area contributed by atoms with Gasteiger partial charge in [0.2, 0.25) is 0 Å². The molecule has 5 rings (SSSR count). The first kappa shape index (κ1) is 30.6. The Labute approximate surface area is 247 Å². The molecule has 15 heteroatoms. The number of aryl methyl sites for hydroxylation is 1. The van der Waals surface area contributed by atoms with Gasteiger partial charge in [0.25, 0.3) is 0 Å². The van der Waals surface area contributed by atoms with Gasteiger partial charge in [-0.1, -0.05) is 6.07 Å². The Hall–Kier alpha value is -4.82. The summed E-state index contributed by atoms with van der Waals surface area (Å²) in [6.07, 6.45) is -4.74. The highest BCUT2D eigenvalue weighted by Gasteiger charge is 2.41.